The van der Waals surface area contributed by atoms with Gasteiger partial charge in [-0.1, -0.05) is 6.07 Å². The van der Waals surface area contributed by atoms with Crippen LogP contribution in [0.1, 0.15) is 29.8 Å². The first-order valence-electron chi connectivity index (χ1n) is 10.6. The number of carboxylic acid groups (broad SMARTS) is 1. The fourth-order valence-corrected chi connectivity index (χ4v) is 4.37. The van der Waals surface area contributed by atoms with Crippen molar-refractivity contribution >= 4 is 11.8 Å². The van der Waals surface area contributed by atoms with Gasteiger partial charge in [0.2, 0.25) is 0 Å². The van der Waals surface area contributed by atoms with E-state index in [2.05, 4.69) is 15.3 Å². The summed E-state index contributed by atoms with van der Waals surface area (Å²) in [5, 5.41) is 22.3. The molecule has 3 aromatic rings. The molecule has 7 nitrogen and oxygen atoms in total. The van der Waals surface area contributed by atoms with Gasteiger partial charge in [0.05, 0.1) is 29.9 Å². The van der Waals surface area contributed by atoms with Crippen molar-refractivity contribution in [2.24, 2.45) is 0 Å². The topological polar surface area (TPSA) is 98.6 Å². The molecule has 1 aliphatic rings. The number of halogens is 2. The van der Waals surface area contributed by atoms with Crippen LogP contribution in [0.25, 0.3) is 11.3 Å². The number of hydrogen-bond acceptors (Lipinski definition) is 5. The zero-order valence-electron chi connectivity index (χ0n) is 18.1. The Morgan fingerprint density at radius 3 is 2.73 bits per heavy atom. The van der Waals surface area contributed by atoms with E-state index >= 15 is 0 Å². The van der Waals surface area contributed by atoms with Crippen LogP contribution in [0.15, 0.2) is 48.7 Å². The number of carbonyl (C=O) groups is 1. The lowest BCUT2D eigenvalue weighted by atomic mass is 9.84. The molecule has 0 bridgehead atoms. The number of piperidine rings is 1. The number of aliphatic hydroxyl groups is 1. The van der Waals surface area contributed by atoms with Gasteiger partial charge in [-0.2, -0.15) is 0 Å². The van der Waals surface area contributed by atoms with Crippen molar-refractivity contribution in [1.82, 2.24) is 15.3 Å². The molecule has 1 aromatic carbocycles. The summed E-state index contributed by atoms with van der Waals surface area (Å²) in [5.74, 6) is -1.92. The Morgan fingerprint density at radius 2 is 2.03 bits per heavy atom. The molecule has 1 fully saturated rings. The largest absolute Gasteiger partial charge is 0.465 e. The molecule has 4 rings (SSSR count). The van der Waals surface area contributed by atoms with E-state index in [0.717, 1.165) is 17.8 Å². The lowest BCUT2D eigenvalue weighted by Crippen LogP contribution is -2.57. The number of nitrogens with zero attached hydrogens (tertiary/aromatic N) is 3. The highest BCUT2D eigenvalue weighted by Crippen LogP contribution is 2.35. The minimum absolute atomic E-state index is 0.299. The minimum atomic E-state index is -1.14. The van der Waals surface area contributed by atoms with Crippen LogP contribution in [0.2, 0.25) is 0 Å². The number of aryl methyl sites for hydroxylation is 1. The van der Waals surface area contributed by atoms with E-state index in [1.807, 2.05) is 30.0 Å². The number of hydrogen-bond donors (Lipinski definition) is 3. The Morgan fingerprint density at radius 1 is 1.21 bits per heavy atom. The summed E-state index contributed by atoms with van der Waals surface area (Å²) in [6.07, 6.45) is 1.68. The summed E-state index contributed by atoms with van der Waals surface area (Å²) < 4.78 is 27.0. The minimum Gasteiger partial charge on any atom is -0.465 e. The second kappa shape index (κ2) is 9.11. The van der Waals surface area contributed by atoms with E-state index < -0.39 is 23.3 Å². The summed E-state index contributed by atoms with van der Waals surface area (Å²) in [6.45, 7) is 2.49. The lowest BCUT2D eigenvalue weighted by Gasteiger charge is -2.43. The summed E-state index contributed by atoms with van der Waals surface area (Å²) in [7, 11) is 0. The van der Waals surface area contributed by atoms with Crippen LogP contribution in [0.4, 0.5) is 19.3 Å². The second-order valence-corrected chi connectivity index (χ2v) is 8.19. The predicted octanol–water partition coefficient (Wildman–Crippen LogP) is 3.99. The lowest BCUT2D eigenvalue weighted by molar-refractivity contribution is 0.169. The molecule has 172 valence electrons. The normalized spacial score (nSPS) is 18.2. The summed E-state index contributed by atoms with van der Waals surface area (Å²) in [4.78, 5) is 22.6. The van der Waals surface area contributed by atoms with Crippen LogP contribution in [-0.4, -0.2) is 39.4 Å². The molecule has 1 aliphatic heterocycles. The second-order valence-electron chi connectivity index (χ2n) is 8.19. The number of amides is 1. The molecular weight excluding hydrogens is 430 g/mol. The number of aliphatic hydroxyl groups excluding tert-OH is 1. The van der Waals surface area contributed by atoms with Crippen LogP contribution in [0.3, 0.4) is 0 Å². The summed E-state index contributed by atoms with van der Waals surface area (Å²) >= 11 is 0. The maximum absolute atomic E-state index is 13.7. The first-order valence-corrected chi connectivity index (χ1v) is 10.6. The van der Waals surface area contributed by atoms with Crippen molar-refractivity contribution in [3.63, 3.8) is 0 Å². The van der Waals surface area contributed by atoms with Crippen LogP contribution in [0, 0.1) is 18.6 Å². The fraction of sp³-hybridized carbons (Fsp3) is 0.292. The van der Waals surface area contributed by atoms with E-state index in [-0.39, 0.29) is 6.61 Å². The van der Waals surface area contributed by atoms with Crippen LogP contribution in [-0.2, 0) is 12.1 Å². The van der Waals surface area contributed by atoms with Gasteiger partial charge in [-0.25, -0.2) is 13.6 Å². The van der Waals surface area contributed by atoms with E-state index in [4.69, 9.17) is 0 Å². The molecule has 0 spiro atoms. The first kappa shape index (κ1) is 22.6. The molecule has 3 N–H and O–H groups in total. The monoisotopic (exact) mass is 454 g/mol. The predicted molar refractivity (Wildman–Crippen MR) is 119 cm³/mol. The summed E-state index contributed by atoms with van der Waals surface area (Å²) in [5.41, 5.74) is 2.47. The van der Waals surface area contributed by atoms with Gasteiger partial charge in [-0.05, 0) is 56.2 Å². The average molecular weight is 454 g/mol. The molecule has 0 aliphatic carbocycles. The van der Waals surface area contributed by atoms with Crippen LogP contribution >= 0.6 is 0 Å². The third-order valence-electron chi connectivity index (χ3n) is 5.91. The van der Waals surface area contributed by atoms with Gasteiger partial charge in [-0.3, -0.25) is 9.97 Å². The molecule has 2 aromatic heterocycles. The Labute approximate surface area is 189 Å². The van der Waals surface area contributed by atoms with E-state index in [9.17, 15) is 23.8 Å². The number of nitrogens with one attached hydrogen (secondary N) is 1. The number of rotatable bonds is 5. The van der Waals surface area contributed by atoms with Gasteiger partial charge in [-0.15, -0.1) is 0 Å². The Balaban J connectivity index is 1.70. The van der Waals surface area contributed by atoms with Gasteiger partial charge >= 0.3 is 6.09 Å². The first-order chi connectivity index (χ1) is 15.8. The van der Waals surface area contributed by atoms with Gasteiger partial charge in [0.15, 0.2) is 11.6 Å². The van der Waals surface area contributed by atoms with Crippen molar-refractivity contribution in [3.8, 4) is 11.3 Å². The zero-order chi connectivity index (χ0) is 23.6. The standard InChI is InChI=1S/C24H24F2N4O3/c1-15-4-2-5-22(28-15)24(29-23(32)33)8-3-9-30(14-24)21-12-27-20(11-17(21)13-31)16-6-7-18(25)19(26)10-16/h2,4-7,10-12,29,31H,3,8-9,13-14H2,1H3,(H,32,33). The molecule has 3 heterocycles. The quantitative estimate of drug-likeness (QED) is 0.539. The molecule has 0 saturated carbocycles. The van der Waals surface area contributed by atoms with Gasteiger partial charge in [0.25, 0.3) is 0 Å². The Bertz CT molecular complexity index is 1190. The highest BCUT2D eigenvalue weighted by Gasteiger charge is 2.40. The smallest absolute Gasteiger partial charge is 0.405 e. The molecule has 9 heteroatoms. The van der Waals surface area contributed by atoms with Crippen LogP contribution in [0.5, 0.6) is 0 Å². The SMILES string of the molecule is Cc1cccc(C2(NC(=O)O)CCCN(c3cnc(-c4ccc(F)c(F)c4)cc3CO)C2)n1. The van der Waals surface area contributed by atoms with E-state index in [1.165, 1.54) is 6.07 Å². The number of aromatic nitrogens is 2. The maximum Gasteiger partial charge on any atom is 0.405 e. The highest BCUT2D eigenvalue weighted by atomic mass is 19.2. The van der Waals surface area contributed by atoms with Crippen molar-refractivity contribution in [2.45, 2.75) is 31.9 Å². The molecule has 33 heavy (non-hydrogen) atoms. The average Bonchev–Trinajstić information content (AvgIpc) is 2.80. The third kappa shape index (κ3) is 4.63. The number of benzene rings is 1. The number of pyridine rings is 2. The van der Waals surface area contributed by atoms with E-state index in [1.54, 1.807) is 12.3 Å². The zero-order valence-corrected chi connectivity index (χ0v) is 18.1. The highest BCUT2D eigenvalue weighted by molar-refractivity contribution is 5.67. The van der Waals surface area contributed by atoms with Gasteiger partial charge < -0.3 is 20.4 Å². The molecule has 1 atom stereocenters. The maximum atomic E-state index is 13.7. The molecular formula is C24H24F2N4O3. The Kier molecular flexibility index (Phi) is 6.24. The van der Waals surface area contributed by atoms with Crippen molar-refractivity contribution in [2.75, 3.05) is 18.0 Å². The van der Waals surface area contributed by atoms with Crippen molar-refractivity contribution in [3.05, 3.63) is 77.2 Å². The van der Waals surface area contributed by atoms with Gasteiger partial charge in [0, 0.05) is 29.9 Å². The van der Waals surface area contributed by atoms with Crippen molar-refractivity contribution < 1.29 is 23.8 Å². The molecule has 0 radical (unpaired) electrons. The fourth-order valence-electron chi connectivity index (χ4n) is 4.37. The third-order valence-corrected chi connectivity index (χ3v) is 5.91. The molecule has 1 unspecified atom stereocenters. The van der Waals surface area contributed by atoms with Gasteiger partial charge in [0.1, 0.15) is 5.54 Å². The Hall–Kier alpha value is -3.59. The number of anilines is 1. The molecule has 1 saturated heterocycles. The van der Waals surface area contributed by atoms with Crippen molar-refractivity contribution in [1.29, 1.82) is 0 Å². The molecule has 1 amide bonds. The van der Waals surface area contributed by atoms with E-state index in [0.29, 0.717) is 54.1 Å². The van der Waals surface area contributed by atoms with Crippen LogP contribution < -0.4 is 10.2 Å². The summed E-state index contributed by atoms with van der Waals surface area (Å²) in [6, 6.07) is 10.7.